The highest BCUT2D eigenvalue weighted by molar-refractivity contribution is 5.77. The van der Waals surface area contributed by atoms with Crippen molar-refractivity contribution in [2.45, 2.75) is 326 Å². The van der Waals surface area contributed by atoms with Crippen molar-refractivity contribution < 1.29 is 109 Å². The molecule has 22 unspecified atom stereocenters. The number of hydrogen-bond acceptors (Lipinski definition) is 22. The van der Waals surface area contributed by atoms with Crippen molar-refractivity contribution in [3.8, 4) is 0 Å². The molecule has 4 aliphatic heterocycles. The van der Waals surface area contributed by atoms with Gasteiger partial charge in [0.1, 0.15) is 91.6 Å². The average molecular weight is 1210 g/mol. The molecule has 22 nitrogen and oxygen atoms in total. The Balaban J connectivity index is -0.000000476. The van der Waals surface area contributed by atoms with E-state index in [0.717, 1.165) is 12.0 Å². The Kier molecular flexibility index (Phi) is 45.2. The average Bonchev–Trinajstić information content (AvgIpc) is 3.48. The van der Waals surface area contributed by atoms with Crippen molar-refractivity contribution in [3.63, 3.8) is 0 Å². The monoisotopic (exact) mass is 1210 g/mol. The van der Waals surface area contributed by atoms with Gasteiger partial charge >= 0.3 is 5.97 Å². The third-order valence-corrected chi connectivity index (χ3v) is 17.0. The van der Waals surface area contributed by atoms with E-state index in [1.165, 1.54) is 6.92 Å². The number of ether oxygens (including phenoxy) is 8. The van der Waals surface area contributed by atoms with Crippen LogP contribution in [0.25, 0.3) is 0 Å². The molecule has 82 heavy (non-hydrogen) atoms. The lowest BCUT2D eigenvalue weighted by Gasteiger charge is -2.64. The van der Waals surface area contributed by atoms with Gasteiger partial charge in [0.05, 0.1) is 36.9 Å². The zero-order valence-corrected chi connectivity index (χ0v) is 37.4. The van der Waals surface area contributed by atoms with Gasteiger partial charge in [-0.15, -0.1) is 0 Å². The summed E-state index contributed by atoms with van der Waals surface area (Å²) in [4.78, 5) is 14.3. The van der Waals surface area contributed by atoms with E-state index in [1.54, 1.807) is 0 Å². The van der Waals surface area contributed by atoms with E-state index in [-0.39, 0.29) is 136 Å². The van der Waals surface area contributed by atoms with Crippen LogP contribution in [0.5, 0.6) is 0 Å². The predicted octanol–water partition coefficient (Wildman–Crippen LogP) is 6.09. The maximum absolute atomic E-state index is 14.3. The van der Waals surface area contributed by atoms with Crippen LogP contribution in [0.3, 0.4) is 0 Å². The van der Waals surface area contributed by atoms with Crippen LogP contribution < -0.4 is 0 Å². The summed E-state index contributed by atoms with van der Waals surface area (Å²) in [7, 11) is 0. The first-order valence-corrected chi connectivity index (χ1v) is 23.2. The van der Waals surface area contributed by atoms with Gasteiger partial charge in [-0.3, -0.25) is 4.79 Å². The zero-order chi connectivity index (χ0) is 48.0. The van der Waals surface area contributed by atoms with Crippen LogP contribution in [0.4, 0.5) is 0 Å². The molecule has 8 aliphatic rings. The number of aliphatic hydroxyl groups excluding tert-OH is 13. The Labute approximate surface area is 499 Å². The van der Waals surface area contributed by atoms with Crippen LogP contribution in [0.1, 0.15) is 197 Å². The van der Waals surface area contributed by atoms with Crippen LogP contribution in [0.2, 0.25) is 0 Å². The Bertz CT molecular complexity index is 1750. The van der Waals surface area contributed by atoms with Gasteiger partial charge in [0.15, 0.2) is 18.9 Å². The molecule has 22 heteroatoms. The quantitative estimate of drug-likeness (QED) is 0.0632. The van der Waals surface area contributed by atoms with Crippen LogP contribution in [0, 0.1) is 28.1 Å². The molecule has 0 aromatic heterocycles. The zero-order valence-electron chi connectivity index (χ0n) is 37.4. The first-order chi connectivity index (χ1) is 31.1. The van der Waals surface area contributed by atoms with Crippen molar-refractivity contribution in [1.82, 2.24) is 0 Å². The summed E-state index contributed by atoms with van der Waals surface area (Å²) < 4.78 is 48.4. The molecule has 0 radical (unpaired) electrons. The molecule has 13 N–H and O–H groups in total. The van der Waals surface area contributed by atoms with Gasteiger partial charge in [0.25, 0.3) is 0 Å². The fourth-order valence-corrected chi connectivity index (χ4v) is 13.4. The second-order valence-corrected chi connectivity index (χ2v) is 20.8. The first kappa shape index (κ1) is 99.4. The van der Waals surface area contributed by atoms with E-state index in [2.05, 4.69) is 13.5 Å². The molecule has 8 rings (SSSR count). The summed E-state index contributed by atoms with van der Waals surface area (Å²) in [5, 5.41) is 137. The highest BCUT2D eigenvalue weighted by atomic mass is 16.8. The van der Waals surface area contributed by atoms with Crippen molar-refractivity contribution in [3.05, 3.63) is 12.2 Å². The third-order valence-electron chi connectivity index (χ3n) is 17.0. The van der Waals surface area contributed by atoms with Gasteiger partial charge < -0.3 is 104 Å². The highest BCUT2D eigenvalue weighted by Gasteiger charge is 2.70. The minimum absolute atomic E-state index is 0. The molecule has 4 aliphatic carbocycles. The Morgan fingerprint density at radius 3 is 1.41 bits per heavy atom. The first-order valence-electron chi connectivity index (χ1n) is 23.2. The minimum Gasteiger partial charge on any atom is -0.432 e. The van der Waals surface area contributed by atoms with Crippen LogP contribution in [-0.2, 0) is 42.7 Å². The fraction of sp³-hybridized carbons (Fsp3) is 0.950. The Hall–Kier alpha value is -1.59. The predicted molar refractivity (Wildman–Crippen MR) is 325 cm³/mol. The van der Waals surface area contributed by atoms with E-state index in [1.807, 2.05) is 6.92 Å². The lowest BCUT2D eigenvalue weighted by molar-refractivity contribution is -0.398. The topological polar surface area (TPSA) is 354 Å². The Morgan fingerprint density at radius 1 is 0.500 bits per heavy atom. The minimum atomic E-state index is -1.92. The van der Waals surface area contributed by atoms with E-state index >= 15 is 0 Å². The molecule has 4 heterocycles. The molecule has 8 fully saturated rings. The van der Waals surface area contributed by atoms with E-state index < -0.39 is 165 Å². The second-order valence-electron chi connectivity index (χ2n) is 20.8. The van der Waals surface area contributed by atoms with Crippen molar-refractivity contribution in [2.75, 3.05) is 19.8 Å². The lowest BCUT2D eigenvalue weighted by Crippen LogP contribution is -2.67. The molecule has 4 saturated carbocycles. The Morgan fingerprint density at radius 2 is 0.915 bits per heavy atom. The maximum Gasteiger partial charge on any atom is 0.314 e. The van der Waals surface area contributed by atoms with Gasteiger partial charge in [0, 0.05) is 0 Å². The molecule has 0 aromatic rings. The maximum atomic E-state index is 14.3. The fourth-order valence-electron chi connectivity index (χ4n) is 13.4. The summed E-state index contributed by atoms with van der Waals surface area (Å²) in [6, 6.07) is 0. The molecule has 1 spiro atoms. The molecule has 26 atom stereocenters. The number of carbonyl (C=O) groups is 1. The molecular formula is C60H134O22. The number of esters is 1. The molecule has 0 amide bonds. The lowest BCUT2D eigenvalue weighted by atomic mass is 9.41. The second kappa shape index (κ2) is 37.3. The molecule has 506 valence electrons. The van der Waals surface area contributed by atoms with Gasteiger partial charge in [-0.2, -0.15) is 0 Å². The standard InChI is InChI=1S/C44H70O22.16CH4/c1-17-12-43-10-6-22-41(3,8-5-9-42(22,4)40(58)65-38-33(57)30(54)26(50)20(14-46)61-38)23(43)7-11-44(17,16-43)66-39-35(64-36-31(55)28(52)24(48)18(2)59-36)34(27(51)21(15-47)62-39)63-37-32(56)29(53)25(49)19(13-45)60-37;;;;;;;;;;;;;;;;/h18-39,45-57H,1,5-16H2,2-4H3;16*1H4/t18?,19?,20?,21?,22?,23-,24?,25?,26?,27?,28?,29?,30?,31?,32?,33?,34?,35?,36?,37?,38?,39?,41+,42+,43+,44?;;;;;;;;;;;;;;;;/m0................/s1. The van der Waals surface area contributed by atoms with E-state index in [4.69, 9.17) is 37.9 Å². The van der Waals surface area contributed by atoms with Crippen LogP contribution >= 0.6 is 0 Å². The summed E-state index contributed by atoms with van der Waals surface area (Å²) in [6.07, 6.45) is -27.4. The molecular weight excluding hydrogens is 1070 g/mol. The molecule has 0 aromatic carbocycles. The number of carbonyl (C=O) groups excluding carboxylic acids is 1. The summed E-state index contributed by atoms with van der Waals surface area (Å²) in [6.45, 7) is 7.77. The van der Waals surface area contributed by atoms with Crippen molar-refractivity contribution in [1.29, 1.82) is 0 Å². The smallest absolute Gasteiger partial charge is 0.314 e. The number of aliphatic hydroxyl groups is 13. The number of rotatable bonds is 11. The normalized spacial score (nSPS) is 44.4. The van der Waals surface area contributed by atoms with Crippen molar-refractivity contribution >= 4 is 5.97 Å². The van der Waals surface area contributed by atoms with Gasteiger partial charge in [-0.05, 0) is 93.5 Å². The van der Waals surface area contributed by atoms with Gasteiger partial charge in [-0.1, -0.05) is 139 Å². The molecule has 4 saturated heterocycles. The van der Waals surface area contributed by atoms with Gasteiger partial charge in [-0.25, -0.2) is 0 Å². The number of fused-ring (bicyclic) bond motifs is 3. The number of hydrogen-bond donors (Lipinski definition) is 13. The highest BCUT2D eigenvalue weighted by Crippen LogP contribution is 2.74. The largest absolute Gasteiger partial charge is 0.432 e. The van der Waals surface area contributed by atoms with Crippen LogP contribution in [-0.4, -0.2) is 221 Å². The molecule has 2 bridgehead atoms. The van der Waals surface area contributed by atoms with E-state index in [0.29, 0.717) is 51.4 Å². The van der Waals surface area contributed by atoms with Crippen molar-refractivity contribution in [2.24, 2.45) is 28.1 Å². The SMILES string of the molecule is C.C.C.C.C.C.C.C.C.C.C.C.C.C.C.C.C=C1C[C@@]23CCC4[C@](C)(C(=O)OC5OC(CO)C(O)C(O)C5O)CCC[C@@]4(C)[C@@H]2CCC1(OC1OC(CO)C(O)C(OC2OC(CO)C(O)C(O)C2O)C1OC1OC(C)C(O)C(O)C1O)C3. The van der Waals surface area contributed by atoms with E-state index in [9.17, 15) is 71.2 Å². The van der Waals surface area contributed by atoms with Gasteiger partial charge in [0.2, 0.25) is 6.29 Å². The summed E-state index contributed by atoms with van der Waals surface area (Å²) >= 11 is 0. The third kappa shape index (κ3) is 16.6. The summed E-state index contributed by atoms with van der Waals surface area (Å²) in [5.74, 6) is -0.750. The summed E-state index contributed by atoms with van der Waals surface area (Å²) in [5.41, 5.74) is -2.19. The van der Waals surface area contributed by atoms with Crippen LogP contribution in [0.15, 0.2) is 12.2 Å².